The molecule has 0 aliphatic carbocycles. The number of rotatable bonds is 6. The zero-order valence-corrected chi connectivity index (χ0v) is 19.5. The molecule has 1 N–H and O–H groups in total. The number of hydrogen-bond donors (Lipinski definition) is 1. The van der Waals surface area contributed by atoms with Crippen molar-refractivity contribution >= 4 is 23.6 Å². The number of nitrogens with zero attached hydrogens (tertiary/aromatic N) is 1. The summed E-state index contributed by atoms with van der Waals surface area (Å²) in [5.41, 5.74) is 6.25. The Balaban J connectivity index is 1.45. The van der Waals surface area contributed by atoms with Crippen molar-refractivity contribution in [3.63, 3.8) is 0 Å². The van der Waals surface area contributed by atoms with Gasteiger partial charge in [-0.15, -0.1) is 11.8 Å². The van der Waals surface area contributed by atoms with Gasteiger partial charge >= 0.3 is 0 Å². The number of amides is 2. The molecule has 1 aliphatic heterocycles. The molecule has 4 nitrogen and oxygen atoms in total. The van der Waals surface area contributed by atoms with Crippen molar-refractivity contribution in [2.45, 2.75) is 38.7 Å². The summed E-state index contributed by atoms with van der Waals surface area (Å²) in [7, 11) is 0. The van der Waals surface area contributed by atoms with Gasteiger partial charge in [0.05, 0.1) is 11.8 Å². The smallest absolute Gasteiger partial charge is 0.251 e. The molecule has 2 atom stereocenters. The van der Waals surface area contributed by atoms with Gasteiger partial charge in [0.15, 0.2) is 0 Å². The van der Waals surface area contributed by atoms with Crippen molar-refractivity contribution in [3.8, 4) is 0 Å². The molecule has 3 aromatic rings. The fourth-order valence-corrected chi connectivity index (χ4v) is 5.25. The zero-order valence-electron chi connectivity index (χ0n) is 18.7. The average molecular weight is 445 g/mol. The molecule has 4 rings (SSSR count). The summed E-state index contributed by atoms with van der Waals surface area (Å²) in [6, 6.07) is 23.9. The molecule has 0 aromatic heterocycles. The Morgan fingerprint density at radius 1 is 1.06 bits per heavy atom. The molecule has 2 unspecified atom stereocenters. The number of carbonyl (C=O) groups is 2. The first-order valence-electron chi connectivity index (χ1n) is 10.9. The molecule has 0 spiro atoms. The van der Waals surface area contributed by atoms with Gasteiger partial charge in [0.25, 0.3) is 5.91 Å². The van der Waals surface area contributed by atoms with Gasteiger partial charge in [0.2, 0.25) is 5.91 Å². The van der Waals surface area contributed by atoms with Crippen LogP contribution >= 0.6 is 11.8 Å². The second-order valence-corrected chi connectivity index (χ2v) is 9.42. The SMILES string of the molecule is Cc1ccc(C)c(C(C)NC(=O)c2ccc(C3SCC(=O)N3Cc3ccccc3)cc2)c1. The van der Waals surface area contributed by atoms with Gasteiger partial charge in [0, 0.05) is 12.1 Å². The summed E-state index contributed by atoms with van der Waals surface area (Å²) in [6.07, 6.45) is 0. The van der Waals surface area contributed by atoms with Crippen LogP contribution in [-0.4, -0.2) is 22.5 Å². The molecule has 32 heavy (non-hydrogen) atoms. The fraction of sp³-hybridized carbons (Fsp3) is 0.259. The van der Waals surface area contributed by atoms with Crippen LogP contribution in [0.25, 0.3) is 0 Å². The fourth-order valence-electron chi connectivity index (χ4n) is 4.06. The van der Waals surface area contributed by atoms with Gasteiger partial charge in [-0.05, 0) is 55.2 Å². The molecule has 1 heterocycles. The maximum absolute atomic E-state index is 12.8. The Labute approximate surface area is 194 Å². The summed E-state index contributed by atoms with van der Waals surface area (Å²) in [4.78, 5) is 27.2. The highest BCUT2D eigenvalue weighted by molar-refractivity contribution is 8.00. The zero-order chi connectivity index (χ0) is 22.7. The second kappa shape index (κ2) is 9.61. The van der Waals surface area contributed by atoms with E-state index in [0.29, 0.717) is 17.9 Å². The van der Waals surface area contributed by atoms with Crippen LogP contribution in [0.4, 0.5) is 0 Å². The summed E-state index contributed by atoms with van der Waals surface area (Å²) in [5, 5.41) is 3.08. The van der Waals surface area contributed by atoms with Crippen molar-refractivity contribution in [1.82, 2.24) is 10.2 Å². The number of aryl methyl sites for hydroxylation is 2. The minimum Gasteiger partial charge on any atom is -0.346 e. The highest BCUT2D eigenvalue weighted by atomic mass is 32.2. The van der Waals surface area contributed by atoms with Gasteiger partial charge in [-0.1, -0.05) is 66.2 Å². The van der Waals surface area contributed by atoms with Crippen molar-refractivity contribution in [2.75, 3.05) is 5.75 Å². The summed E-state index contributed by atoms with van der Waals surface area (Å²) < 4.78 is 0. The van der Waals surface area contributed by atoms with E-state index in [0.717, 1.165) is 16.7 Å². The summed E-state index contributed by atoms with van der Waals surface area (Å²) >= 11 is 1.63. The maximum atomic E-state index is 12.8. The minimum absolute atomic E-state index is 0.0336. The summed E-state index contributed by atoms with van der Waals surface area (Å²) in [6.45, 7) is 6.72. The van der Waals surface area contributed by atoms with Crippen molar-refractivity contribution < 1.29 is 9.59 Å². The maximum Gasteiger partial charge on any atom is 0.251 e. The molecule has 0 saturated carbocycles. The molecule has 3 aromatic carbocycles. The van der Waals surface area contributed by atoms with Crippen molar-refractivity contribution in [2.24, 2.45) is 0 Å². The topological polar surface area (TPSA) is 49.4 Å². The molecular weight excluding hydrogens is 416 g/mol. The van der Waals surface area contributed by atoms with E-state index in [1.807, 2.05) is 66.4 Å². The van der Waals surface area contributed by atoms with E-state index in [4.69, 9.17) is 0 Å². The Morgan fingerprint density at radius 3 is 2.50 bits per heavy atom. The van der Waals surface area contributed by atoms with E-state index in [1.165, 1.54) is 11.1 Å². The number of nitrogens with one attached hydrogen (secondary N) is 1. The lowest BCUT2D eigenvalue weighted by Gasteiger charge is -2.24. The van der Waals surface area contributed by atoms with Crippen LogP contribution in [0.15, 0.2) is 72.8 Å². The van der Waals surface area contributed by atoms with E-state index in [2.05, 4.69) is 37.4 Å². The molecule has 1 fully saturated rings. The predicted octanol–water partition coefficient (Wildman–Crippen LogP) is 5.57. The molecular formula is C27H28N2O2S. The summed E-state index contributed by atoms with van der Waals surface area (Å²) in [5.74, 6) is 0.530. The van der Waals surface area contributed by atoms with E-state index in [-0.39, 0.29) is 23.2 Å². The van der Waals surface area contributed by atoms with Crippen LogP contribution in [0.1, 0.15) is 56.5 Å². The largest absolute Gasteiger partial charge is 0.346 e. The van der Waals surface area contributed by atoms with E-state index in [9.17, 15) is 9.59 Å². The normalized spacial score (nSPS) is 16.8. The van der Waals surface area contributed by atoms with E-state index >= 15 is 0 Å². The van der Waals surface area contributed by atoms with E-state index < -0.39 is 0 Å². The van der Waals surface area contributed by atoms with Crippen LogP contribution in [0.5, 0.6) is 0 Å². The third-order valence-corrected chi connectivity index (χ3v) is 7.13. The van der Waals surface area contributed by atoms with Gasteiger partial charge in [-0.3, -0.25) is 9.59 Å². The Hall–Kier alpha value is -3.05. The third-order valence-electron chi connectivity index (χ3n) is 5.87. The number of benzene rings is 3. The van der Waals surface area contributed by atoms with Crippen molar-refractivity contribution in [1.29, 1.82) is 0 Å². The lowest BCUT2D eigenvalue weighted by Crippen LogP contribution is -2.28. The average Bonchev–Trinajstić information content (AvgIpc) is 3.16. The van der Waals surface area contributed by atoms with Crippen LogP contribution < -0.4 is 5.32 Å². The Morgan fingerprint density at radius 2 is 1.78 bits per heavy atom. The molecule has 5 heteroatoms. The van der Waals surface area contributed by atoms with E-state index in [1.54, 1.807) is 11.8 Å². The first kappa shape index (κ1) is 22.2. The quantitative estimate of drug-likeness (QED) is 0.541. The lowest BCUT2D eigenvalue weighted by atomic mass is 9.99. The van der Waals surface area contributed by atoms with Gasteiger partial charge in [-0.25, -0.2) is 0 Å². The second-order valence-electron chi connectivity index (χ2n) is 8.35. The Bertz CT molecular complexity index is 1110. The van der Waals surface area contributed by atoms with Crippen molar-refractivity contribution in [3.05, 3.63) is 106 Å². The predicted molar refractivity (Wildman–Crippen MR) is 130 cm³/mol. The molecule has 0 radical (unpaired) electrons. The number of carbonyl (C=O) groups excluding carboxylic acids is 2. The lowest BCUT2D eigenvalue weighted by molar-refractivity contribution is -0.128. The third kappa shape index (κ3) is 4.89. The van der Waals surface area contributed by atoms with Crippen LogP contribution in [0, 0.1) is 13.8 Å². The van der Waals surface area contributed by atoms with Gasteiger partial charge in [-0.2, -0.15) is 0 Å². The first-order valence-corrected chi connectivity index (χ1v) is 11.9. The standard InChI is InChI=1S/C27H28N2O2S/c1-18-9-10-19(2)24(15-18)20(3)28-26(31)22-11-13-23(14-12-22)27-29(25(30)17-32-27)16-21-7-5-4-6-8-21/h4-15,20,27H,16-17H2,1-3H3,(H,28,31). The van der Waals surface area contributed by atoms with Gasteiger partial charge < -0.3 is 10.2 Å². The molecule has 164 valence electrons. The number of thioether (sulfide) groups is 1. The number of hydrogen-bond acceptors (Lipinski definition) is 3. The van der Waals surface area contributed by atoms with Gasteiger partial charge in [0.1, 0.15) is 5.37 Å². The van der Waals surface area contributed by atoms with Crippen LogP contribution in [0.2, 0.25) is 0 Å². The van der Waals surface area contributed by atoms with Crippen LogP contribution in [-0.2, 0) is 11.3 Å². The molecule has 1 saturated heterocycles. The monoisotopic (exact) mass is 444 g/mol. The highest BCUT2D eigenvalue weighted by Crippen LogP contribution is 2.39. The highest BCUT2D eigenvalue weighted by Gasteiger charge is 2.32. The molecule has 0 bridgehead atoms. The minimum atomic E-state index is -0.0961. The first-order chi connectivity index (χ1) is 15.4. The molecule has 1 aliphatic rings. The van der Waals surface area contributed by atoms with Crippen LogP contribution in [0.3, 0.4) is 0 Å². The molecule has 2 amide bonds. The Kier molecular flexibility index (Phi) is 6.66.